The molecule has 0 aliphatic heterocycles. The standard InChI is InChI=1S/C15H11BrO3/c16-13-8-11(14(18)9-17)6-7-12(13)15(19)10-4-2-1-3-5-10/h1-8,17H,9H2. The van der Waals surface area contributed by atoms with Crippen LogP contribution >= 0.6 is 15.9 Å². The van der Waals surface area contributed by atoms with E-state index in [-0.39, 0.29) is 11.6 Å². The molecule has 1 N–H and O–H groups in total. The highest BCUT2D eigenvalue weighted by Crippen LogP contribution is 2.22. The normalized spacial score (nSPS) is 10.2. The highest BCUT2D eigenvalue weighted by Gasteiger charge is 2.14. The quantitative estimate of drug-likeness (QED) is 0.882. The summed E-state index contributed by atoms with van der Waals surface area (Å²) in [5.74, 6) is -0.491. The van der Waals surface area contributed by atoms with Crippen molar-refractivity contribution in [1.82, 2.24) is 0 Å². The van der Waals surface area contributed by atoms with Crippen LogP contribution in [0.5, 0.6) is 0 Å². The zero-order valence-corrected chi connectivity index (χ0v) is 11.6. The largest absolute Gasteiger partial charge is 0.388 e. The minimum absolute atomic E-state index is 0.115. The van der Waals surface area contributed by atoms with E-state index >= 15 is 0 Å². The summed E-state index contributed by atoms with van der Waals surface area (Å²) >= 11 is 3.29. The van der Waals surface area contributed by atoms with Crippen molar-refractivity contribution in [1.29, 1.82) is 0 Å². The van der Waals surface area contributed by atoms with Gasteiger partial charge in [-0.25, -0.2) is 0 Å². The Labute approximate surface area is 119 Å². The van der Waals surface area contributed by atoms with Crippen molar-refractivity contribution < 1.29 is 14.7 Å². The summed E-state index contributed by atoms with van der Waals surface area (Å²) in [6.07, 6.45) is 0. The van der Waals surface area contributed by atoms with Crippen molar-refractivity contribution in [3.8, 4) is 0 Å². The van der Waals surface area contributed by atoms with E-state index in [0.29, 0.717) is 21.2 Å². The topological polar surface area (TPSA) is 54.4 Å². The Kier molecular flexibility index (Phi) is 4.24. The molecule has 0 amide bonds. The minimum atomic E-state index is -0.543. The average Bonchev–Trinajstić information content (AvgIpc) is 2.46. The van der Waals surface area contributed by atoms with Gasteiger partial charge in [-0.3, -0.25) is 9.59 Å². The molecular weight excluding hydrogens is 308 g/mol. The Bertz CT molecular complexity index is 621. The van der Waals surface area contributed by atoms with E-state index < -0.39 is 6.61 Å². The molecule has 2 aromatic rings. The van der Waals surface area contributed by atoms with Gasteiger partial charge in [0.2, 0.25) is 0 Å². The fourth-order valence-electron chi connectivity index (χ4n) is 1.71. The van der Waals surface area contributed by atoms with Gasteiger partial charge < -0.3 is 5.11 Å². The van der Waals surface area contributed by atoms with Gasteiger partial charge in [-0.15, -0.1) is 0 Å². The molecule has 0 heterocycles. The van der Waals surface area contributed by atoms with Gasteiger partial charge in [0.25, 0.3) is 0 Å². The maximum Gasteiger partial charge on any atom is 0.194 e. The van der Waals surface area contributed by atoms with Gasteiger partial charge in [0.05, 0.1) is 0 Å². The van der Waals surface area contributed by atoms with Gasteiger partial charge in [0.1, 0.15) is 6.61 Å². The Morgan fingerprint density at radius 2 is 1.68 bits per heavy atom. The smallest absolute Gasteiger partial charge is 0.194 e. The van der Waals surface area contributed by atoms with E-state index in [2.05, 4.69) is 15.9 Å². The predicted molar refractivity (Wildman–Crippen MR) is 75.4 cm³/mol. The number of aliphatic hydroxyl groups is 1. The third-order valence-electron chi connectivity index (χ3n) is 2.72. The van der Waals surface area contributed by atoms with Crippen LogP contribution in [0.15, 0.2) is 53.0 Å². The Morgan fingerprint density at radius 1 is 1.00 bits per heavy atom. The molecule has 0 saturated carbocycles. The highest BCUT2D eigenvalue weighted by atomic mass is 79.9. The Balaban J connectivity index is 2.37. The van der Waals surface area contributed by atoms with Crippen molar-refractivity contribution in [2.24, 2.45) is 0 Å². The molecule has 2 aromatic carbocycles. The van der Waals surface area contributed by atoms with Crippen molar-refractivity contribution in [2.75, 3.05) is 6.61 Å². The lowest BCUT2D eigenvalue weighted by atomic mass is 10.0. The second-order valence-corrected chi connectivity index (χ2v) is 4.83. The van der Waals surface area contributed by atoms with Crippen molar-refractivity contribution in [2.45, 2.75) is 0 Å². The third-order valence-corrected chi connectivity index (χ3v) is 3.37. The summed E-state index contributed by atoms with van der Waals surface area (Å²) in [4.78, 5) is 23.6. The summed E-state index contributed by atoms with van der Waals surface area (Å²) in [5.41, 5.74) is 1.45. The minimum Gasteiger partial charge on any atom is -0.388 e. The van der Waals surface area contributed by atoms with E-state index in [1.807, 2.05) is 6.07 Å². The maximum absolute atomic E-state index is 12.3. The molecule has 0 spiro atoms. The van der Waals surface area contributed by atoms with E-state index in [1.54, 1.807) is 42.5 Å². The van der Waals surface area contributed by atoms with Gasteiger partial charge in [-0.2, -0.15) is 0 Å². The number of ketones is 2. The van der Waals surface area contributed by atoms with Crippen LogP contribution in [-0.2, 0) is 0 Å². The first-order valence-electron chi connectivity index (χ1n) is 5.67. The number of benzene rings is 2. The molecular formula is C15H11BrO3. The van der Waals surface area contributed by atoms with Crippen LogP contribution in [-0.4, -0.2) is 23.3 Å². The lowest BCUT2D eigenvalue weighted by molar-refractivity contribution is 0.0903. The number of carbonyl (C=O) groups is 2. The molecule has 2 rings (SSSR count). The Morgan fingerprint density at radius 3 is 2.26 bits per heavy atom. The first kappa shape index (κ1) is 13.6. The number of hydrogen-bond donors (Lipinski definition) is 1. The van der Waals surface area contributed by atoms with Crippen LogP contribution < -0.4 is 0 Å². The van der Waals surface area contributed by atoms with Gasteiger partial charge in [-0.05, 0) is 12.1 Å². The Hall–Kier alpha value is -1.78. The molecule has 3 nitrogen and oxygen atoms in total. The second-order valence-electron chi connectivity index (χ2n) is 3.97. The number of halogens is 1. The van der Waals surface area contributed by atoms with Gasteiger partial charge >= 0.3 is 0 Å². The van der Waals surface area contributed by atoms with Crippen LogP contribution in [0.2, 0.25) is 0 Å². The monoisotopic (exact) mass is 318 g/mol. The summed E-state index contributed by atoms with van der Waals surface area (Å²) in [7, 11) is 0. The van der Waals surface area contributed by atoms with Crippen LogP contribution in [0.1, 0.15) is 26.3 Å². The molecule has 0 bridgehead atoms. The lowest BCUT2D eigenvalue weighted by Gasteiger charge is -2.06. The number of rotatable bonds is 4. The zero-order chi connectivity index (χ0) is 13.8. The maximum atomic E-state index is 12.3. The summed E-state index contributed by atoms with van der Waals surface area (Å²) in [6, 6.07) is 13.6. The van der Waals surface area contributed by atoms with Crippen LogP contribution in [0.4, 0.5) is 0 Å². The van der Waals surface area contributed by atoms with Crippen molar-refractivity contribution in [3.63, 3.8) is 0 Å². The second kappa shape index (κ2) is 5.91. The third kappa shape index (κ3) is 2.97. The highest BCUT2D eigenvalue weighted by molar-refractivity contribution is 9.10. The van der Waals surface area contributed by atoms with Crippen LogP contribution in [0, 0.1) is 0 Å². The van der Waals surface area contributed by atoms with E-state index in [1.165, 1.54) is 0 Å². The summed E-state index contributed by atoms with van der Waals surface area (Å²) < 4.78 is 0.542. The fraction of sp³-hybridized carbons (Fsp3) is 0.0667. The van der Waals surface area contributed by atoms with E-state index in [4.69, 9.17) is 5.11 Å². The first-order valence-corrected chi connectivity index (χ1v) is 6.46. The molecule has 0 saturated heterocycles. The molecule has 0 aliphatic rings. The first-order chi connectivity index (χ1) is 9.13. The fourth-order valence-corrected chi connectivity index (χ4v) is 2.27. The molecule has 0 atom stereocenters. The summed E-state index contributed by atoms with van der Waals surface area (Å²) in [6.45, 7) is -0.543. The molecule has 0 unspecified atom stereocenters. The zero-order valence-electron chi connectivity index (χ0n) is 9.97. The van der Waals surface area contributed by atoms with E-state index in [9.17, 15) is 9.59 Å². The summed E-state index contributed by atoms with van der Waals surface area (Å²) in [5, 5.41) is 8.80. The van der Waals surface area contributed by atoms with Gasteiger partial charge in [0, 0.05) is 21.2 Å². The molecule has 0 radical (unpaired) electrons. The molecule has 19 heavy (non-hydrogen) atoms. The molecule has 96 valence electrons. The lowest BCUT2D eigenvalue weighted by Crippen LogP contribution is -2.07. The van der Waals surface area contributed by atoms with E-state index in [0.717, 1.165) is 0 Å². The number of Topliss-reactive ketones (excluding diaryl/α,β-unsaturated/α-hetero) is 1. The number of carbonyl (C=O) groups excluding carboxylic acids is 2. The van der Waals surface area contributed by atoms with Crippen LogP contribution in [0.25, 0.3) is 0 Å². The number of aliphatic hydroxyl groups excluding tert-OH is 1. The van der Waals surface area contributed by atoms with Crippen LogP contribution in [0.3, 0.4) is 0 Å². The average molecular weight is 319 g/mol. The van der Waals surface area contributed by atoms with Gasteiger partial charge in [-0.1, -0.05) is 52.3 Å². The molecule has 0 fully saturated rings. The SMILES string of the molecule is O=C(CO)c1ccc(C(=O)c2ccccc2)c(Br)c1. The molecule has 0 aromatic heterocycles. The molecule has 0 aliphatic carbocycles. The van der Waals surface area contributed by atoms with Crippen molar-refractivity contribution in [3.05, 3.63) is 69.7 Å². The molecule has 4 heteroatoms. The van der Waals surface area contributed by atoms with Gasteiger partial charge in [0.15, 0.2) is 11.6 Å². The van der Waals surface area contributed by atoms with Crippen molar-refractivity contribution >= 4 is 27.5 Å². The number of hydrogen-bond acceptors (Lipinski definition) is 3. The predicted octanol–water partition coefficient (Wildman–Crippen LogP) is 2.86.